The van der Waals surface area contributed by atoms with Crippen LogP contribution in [0.4, 0.5) is 4.79 Å². The van der Waals surface area contributed by atoms with Gasteiger partial charge in [-0.25, -0.2) is 4.79 Å². The number of nitrogens with zero attached hydrogens (tertiary/aromatic N) is 1. The highest BCUT2D eigenvalue weighted by Gasteiger charge is 2.17. The van der Waals surface area contributed by atoms with Crippen molar-refractivity contribution in [2.45, 2.75) is 19.4 Å². The molecule has 1 atom stereocenters. The van der Waals surface area contributed by atoms with Gasteiger partial charge in [-0.1, -0.05) is 18.2 Å². The lowest BCUT2D eigenvalue weighted by Crippen LogP contribution is -2.39. The number of benzene rings is 1. The Morgan fingerprint density at radius 1 is 1.38 bits per heavy atom. The molecule has 2 rings (SSSR count). The van der Waals surface area contributed by atoms with E-state index in [1.54, 1.807) is 7.05 Å². The van der Waals surface area contributed by atoms with Gasteiger partial charge in [0.2, 0.25) is 0 Å². The van der Waals surface area contributed by atoms with E-state index < -0.39 is 5.97 Å². The smallest absolute Gasteiger partial charge is 0.317 e. The molecular weight excluding hydrogens is 272 g/mol. The largest absolute Gasteiger partial charge is 0.481 e. The van der Waals surface area contributed by atoms with Crippen LogP contribution in [-0.4, -0.2) is 35.6 Å². The number of hydrogen-bond acceptors (Lipinski definition) is 3. The number of carboxylic acid groups (broad SMARTS) is 1. The third kappa shape index (κ3) is 3.75. The Balaban J connectivity index is 1.98. The topological polar surface area (TPSA) is 82.8 Å². The van der Waals surface area contributed by atoms with Crippen LogP contribution < -0.4 is 5.32 Å². The summed E-state index contributed by atoms with van der Waals surface area (Å²) in [5.74, 6) is -0.267. The van der Waals surface area contributed by atoms with Gasteiger partial charge in [-0.15, -0.1) is 0 Å². The summed E-state index contributed by atoms with van der Waals surface area (Å²) < 4.78 is 5.68. The normalized spacial score (nSPS) is 12.1. The van der Waals surface area contributed by atoms with E-state index in [0.717, 1.165) is 11.0 Å². The van der Waals surface area contributed by atoms with Crippen molar-refractivity contribution >= 4 is 23.0 Å². The zero-order chi connectivity index (χ0) is 15.4. The fourth-order valence-electron chi connectivity index (χ4n) is 1.95. The van der Waals surface area contributed by atoms with Crippen molar-refractivity contribution in [1.29, 1.82) is 0 Å². The van der Waals surface area contributed by atoms with E-state index in [1.807, 2.05) is 37.3 Å². The summed E-state index contributed by atoms with van der Waals surface area (Å²) in [4.78, 5) is 23.8. The van der Waals surface area contributed by atoms with E-state index in [0.29, 0.717) is 5.76 Å². The van der Waals surface area contributed by atoms with Crippen molar-refractivity contribution in [2.75, 3.05) is 13.6 Å². The predicted molar refractivity (Wildman–Crippen MR) is 78.0 cm³/mol. The lowest BCUT2D eigenvalue weighted by molar-refractivity contribution is -0.137. The average Bonchev–Trinajstić information content (AvgIpc) is 2.88. The van der Waals surface area contributed by atoms with Crippen LogP contribution in [0.5, 0.6) is 0 Å². The molecule has 2 N–H and O–H groups in total. The Labute approximate surface area is 122 Å². The maximum Gasteiger partial charge on any atom is 0.317 e. The monoisotopic (exact) mass is 290 g/mol. The number of amides is 2. The van der Waals surface area contributed by atoms with Crippen molar-refractivity contribution < 1.29 is 19.1 Å². The number of carbonyl (C=O) groups excluding carboxylic acids is 1. The number of rotatable bonds is 5. The summed E-state index contributed by atoms with van der Waals surface area (Å²) in [6, 6.07) is 8.88. The number of urea groups is 1. The highest BCUT2D eigenvalue weighted by atomic mass is 16.4. The molecule has 0 spiro atoms. The molecule has 0 radical (unpaired) electrons. The third-order valence-corrected chi connectivity index (χ3v) is 3.22. The second-order valence-corrected chi connectivity index (χ2v) is 4.92. The van der Waals surface area contributed by atoms with E-state index in [1.165, 1.54) is 4.90 Å². The minimum absolute atomic E-state index is 0.0804. The van der Waals surface area contributed by atoms with Gasteiger partial charge in [0.25, 0.3) is 0 Å². The molecule has 0 saturated heterocycles. The molecule has 112 valence electrons. The Morgan fingerprint density at radius 2 is 2.10 bits per heavy atom. The molecule has 21 heavy (non-hydrogen) atoms. The molecule has 1 aromatic carbocycles. The second kappa shape index (κ2) is 6.30. The number of hydrogen-bond donors (Lipinski definition) is 2. The summed E-state index contributed by atoms with van der Waals surface area (Å²) in [5.41, 5.74) is 0.771. The number of carboxylic acids is 1. The number of aliphatic carboxylic acids is 1. The Bertz CT molecular complexity index is 617. The number of furan rings is 1. The first-order chi connectivity index (χ1) is 9.97. The van der Waals surface area contributed by atoms with Gasteiger partial charge in [0, 0.05) is 19.0 Å². The van der Waals surface area contributed by atoms with Crippen molar-refractivity contribution in [3.8, 4) is 0 Å². The fraction of sp³-hybridized carbons (Fsp3) is 0.333. The molecule has 1 aromatic heterocycles. The molecule has 2 aromatic rings. The molecule has 0 aliphatic rings. The maximum absolute atomic E-state index is 11.9. The summed E-state index contributed by atoms with van der Waals surface area (Å²) in [5, 5.41) is 12.4. The van der Waals surface area contributed by atoms with Gasteiger partial charge in [0.15, 0.2) is 0 Å². The first-order valence-corrected chi connectivity index (χ1v) is 6.69. The third-order valence-electron chi connectivity index (χ3n) is 3.22. The number of para-hydroxylation sites is 1. The van der Waals surface area contributed by atoms with Gasteiger partial charge < -0.3 is 19.7 Å². The maximum atomic E-state index is 11.9. The van der Waals surface area contributed by atoms with Gasteiger partial charge in [0.05, 0.1) is 12.5 Å². The Morgan fingerprint density at radius 3 is 2.76 bits per heavy atom. The summed E-state index contributed by atoms with van der Waals surface area (Å²) in [7, 11) is 1.56. The van der Waals surface area contributed by atoms with Crippen molar-refractivity contribution in [3.05, 3.63) is 36.1 Å². The molecule has 0 aliphatic carbocycles. The van der Waals surface area contributed by atoms with Crippen LogP contribution in [0.2, 0.25) is 0 Å². The minimum atomic E-state index is -0.931. The number of carbonyl (C=O) groups is 2. The molecule has 6 nitrogen and oxygen atoms in total. The van der Waals surface area contributed by atoms with E-state index in [-0.39, 0.29) is 25.0 Å². The molecule has 0 fully saturated rings. The van der Waals surface area contributed by atoms with Gasteiger partial charge in [-0.2, -0.15) is 0 Å². The first kappa shape index (κ1) is 14.9. The average molecular weight is 290 g/mol. The zero-order valence-corrected chi connectivity index (χ0v) is 12.0. The van der Waals surface area contributed by atoms with Crippen molar-refractivity contribution in [1.82, 2.24) is 10.2 Å². The number of nitrogens with one attached hydrogen (secondary N) is 1. The second-order valence-electron chi connectivity index (χ2n) is 4.92. The van der Waals surface area contributed by atoms with Crippen LogP contribution in [0.15, 0.2) is 34.7 Å². The van der Waals surface area contributed by atoms with Crippen LogP contribution in [0.1, 0.15) is 25.1 Å². The lowest BCUT2D eigenvalue weighted by atomic mass is 10.2. The Hall–Kier alpha value is -2.50. The molecule has 1 heterocycles. The van der Waals surface area contributed by atoms with Crippen molar-refractivity contribution in [3.63, 3.8) is 0 Å². The molecule has 6 heteroatoms. The van der Waals surface area contributed by atoms with Crippen LogP contribution in [0, 0.1) is 0 Å². The molecule has 0 aliphatic heterocycles. The summed E-state index contributed by atoms with van der Waals surface area (Å²) in [6.45, 7) is 1.98. The quantitative estimate of drug-likeness (QED) is 0.886. The highest BCUT2D eigenvalue weighted by molar-refractivity contribution is 5.78. The van der Waals surface area contributed by atoms with E-state index in [4.69, 9.17) is 9.52 Å². The molecule has 1 unspecified atom stereocenters. The van der Waals surface area contributed by atoms with Gasteiger partial charge >= 0.3 is 12.0 Å². The van der Waals surface area contributed by atoms with E-state index in [2.05, 4.69) is 5.32 Å². The van der Waals surface area contributed by atoms with E-state index >= 15 is 0 Å². The molecular formula is C15H18N2O4. The first-order valence-electron chi connectivity index (χ1n) is 6.69. The molecule has 0 bridgehead atoms. The van der Waals surface area contributed by atoms with Crippen molar-refractivity contribution in [2.24, 2.45) is 0 Å². The lowest BCUT2D eigenvalue weighted by Gasteiger charge is -2.19. The van der Waals surface area contributed by atoms with Crippen LogP contribution in [0.3, 0.4) is 0 Å². The van der Waals surface area contributed by atoms with Gasteiger partial charge in [-0.05, 0) is 19.1 Å². The van der Waals surface area contributed by atoms with Crippen LogP contribution in [-0.2, 0) is 4.79 Å². The van der Waals surface area contributed by atoms with Crippen LogP contribution in [0.25, 0.3) is 11.0 Å². The highest BCUT2D eigenvalue weighted by Crippen LogP contribution is 2.23. The van der Waals surface area contributed by atoms with E-state index in [9.17, 15) is 9.59 Å². The van der Waals surface area contributed by atoms with Crippen LogP contribution >= 0.6 is 0 Å². The van der Waals surface area contributed by atoms with Gasteiger partial charge in [0.1, 0.15) is 11.3 Å². The predicted octanol–water partition coefficient (Wildman–Crippen LogP) is 2.61. The zero-order valence-electron chi connectivity index (χ0n) is 12.0. The van der Waals surface area contributed by atoms with Gasteiger partial charge in [-0.3, -0.25) is 4.79 Å². The summed E-state index contributed by atoms with van der Waals surface area (Å²) in [6.07, 6.45) is -0.0804. The number of fused-ring (bicyclic) bond motifs is 1. The Kier molecular flexibility index (Phi) is 4.47. The fourth-order valence-corrected chi connectivity index (χ4v) is 1.95. The standard InChI is InChI=1S/C15H18N2O4/c1-10(16-15(20)17(2)8-7-14(18)19)13-9-11-5-3-4-6-12(11)21-13/h3-6,9-10H,7-8H2,1-2H3,(H,16,20)(H,18,19). The minimum Gasteiger partial charge on any atom is -0.481 e. The SMILES string of the molecule is CC(NC(=O)N(C)CCC(=O)O)c1cc2ccccc2o1. The molecule has 2 amide bonds. The molecule has 0 saturated carbocycles. The summed E-state index contributed by atoms with van der Waals surface area (Å²) >= 11 is 0.